The SMILES string of the molecule is CC1(C)c2ccccc2-c2ccc(N(c3ccc4ccccc4c3)c3ccc4c5ccccc5c5ccccc5c4c3-c3ccc(-c4ccccc4)cc3)cc21. The summed E-state index contributed by atoms with van der Waals surface area (Å²) in [5.41, 5.74) is 13.5. The first-order chi connectivity index (χ1) is 27.5. The Morgan fingerprint density at radius 1 is 0.357 bits per heavy atom. The minimum absolute atomic E-state index is 0.133. The third-order valence-electron chi connectivity index (χ3n) is 12.2. The standard InChI is InChI=1S/C55H39N/c1-55(2)50-23-13-12-21-46(50)47-31-30-42(35-51(47)55)56(41-29-28-37-16-6-7-17-40(37)34-41)52-33-32-49-45-20-9-8-18-43(45)44-19-10-11-22-48(44)54(49)53(52)39-26-24-38(25-27-39)36-14-4-3-5-15-36/h3-35H,1-2H3. The van der Waals surface area contributed by atoms with E-state index in [1.54, 1.807) is 0 Å². The Hall–Kier alpha value is -6.96. The number of rotatable bonds is 5. The molecule has 1 heteroatoms. The van der Waals surface area contributed by atoms with Gasteiger partial charge in [0, 0.05) is 27.7 Å². The van der Waals surface area contributed by atoms with E-state index in [0.29, 0.717) is 0 Å². The zero-order chi connectivity index (χ0) is 37.4. The molecule has 0 atom stereocenters. The van der Waals surface area contributed by atoms with Gasteiger partial charge in [-0.05, 0) is 107 Å². The van der Waals surface area contributed by atoms with Crippen molar-refractivity contribution in [2.75, 3.05) is 4.90 Å². The van der Waals surface area contributed by atoms with Crippen LogP contribution in [0.15, 0.2) is 200 Å². The maximum atomic E-state index is 2.51. The second kappa shape index (κ2) is 12.5. The Morgan fingerprint density at radius 2 is 0.893 bits per heavy atom. The van der Waals surface area contributed by atoms with E-state index in [9.17, 15) is 0 Å². The fourth-order valence-electron chi connectivity index (χ4n) is 9.50. The predicted octanol–water partition coefficient (Wildman–Crippen LogP) is 15.4. The molecule has 0 N–H and O–H groups in total. The molecular formula is C55H39N. The molecule has 1 nitrogen and oxygen atoms in total. The van der Waals surface area contributed by atoms with Gasteiger partial charge >= 0.3 is 0 Å². The Labute approximate surface area is 327 Å². The number of benzene rings is 10. The Bertz CT molecular complexity index is 3120. The average Bonchev–Trinajstić information content (AvgIpc) is 3.49. The lowest BCUT2D eigenvalue weighted by atomic mass is 9.82. The lowest BCUT2D eigenvalue weighted by molar-refractivity contribution is 0.660. The maximum absolute atomic E-state index is 2.51. The normalized spacial score (nSPS) is 13.0. The summed E-state index contributed by atoms with van der Waals surface area (Å²) in [6.07, 6.45) is 0. The quantitative estimate of drug-likeness (QED) is 0.161. The van der Waals surface area contributed by atoms with E-state index < -0.39 is 0 Å². The van der Waals surface area contributed by atoms with Crippen molar-refractivity contribution < 1.29 is 0 Å². The van der Waals surface area contributed by atoms with Crippen molar-refractivity contribution in [2.45, 2.75) is 19.3 Å². The molecule has 1 aliphatic rings. The van der Waals surface area contributed by atoms with Crippen LogP contribution in [-0.2, 0) is 5.41 Å². The van der Waals surface area contributed by atoms with Crippen molar-refractivity contribution in [1.82, 2.24) is 0 Å². The fraction of sp³-hybridized carbons (Fsp3) is 0.0545. The van der Waals surface area contributed by atoms with E-state index in [0.717, 1.165) is 17.1 Å². The molecule has 0 saturated heterocycles. The number of nitrogens with zero attached hydrogens (tertiary/aromatic N) is 1. The molecule has 0 amide bonds. The maximum Gasteiger partial charge on any atom is 0.0546 e. The largest absolute Gasteiger partial charge is 0.310 e. The van der Waals surface area contributed by atoms with Crippen molar-refractivity contribution in [2.24, 2.45) is 0 Å². The lowest BCUT2D eigenvalue weighted by Gasteiger charge is -2.31. The highest BCUT2D eigenvalue weighted by molar-refractivity contribution is 6.30. The molecule has 0 saturated carbocycles. The van der Waals surface area contributed by atoms with Gasteiger partial charge in [0.05, 0.1) is 5.69 Å². The van der Waals surface area contributed by atoms with Crippen LogP contribution < -0.4 is 4.90 Å². The van der Waals surface area contributed by atoms with Gasteiger partial charge in [0.25, 0.3) is 0 Å². The molecule has 1 aliphatic carbocycles. The summed E-state index contributed by atoms with van der Waals surface area (Å²) < 4.78 is 0. The summed E-state index contributed by atoms with van der Waals surface area (Å²) >= 11 is 0. The molecule has 10 aromatic rings. The van der Waals surface area contributed by atoms with E-state index in [4.69, 9.17) is 0 Å². The molecule has 0 bridgehead atoms. The van der Waals surface area contributed by atoms with Gasteiger partial charge in [-0.1, -0.05) is 184 Å². The van der Waals surface area contributed by atoms with Crippen LogP contribution in [-0.4, -0.2) is 0 Å². The van der Waals surface area contributed by atoms with E-state index in [1.165, 1.54) is 87.6 Å². The summed E-state index contributed by atoms with van der Waals surface area (Å²) in [5, 5.41) is 10.0. The van der Waals surface area contributed by atoms with Crippen LogP contribution in [0.5, 0.6) is 0 Å². The lowest BCUT2D eigenvalue weighted by Crippen LogP contribution is -2.17. The van der Waals surface area contributed by atoms with Crippen LogP contribution in [0.1, 0.15) is 25.0 Å². The molecule has 0 heterocycles. The van der Waals surface area contributed by atoms with Crippen molar-refractivity contribution in [1.29, 1.82) is 0 Å². The van der Waals surface area contributed by atoms with Crippen molar-refractivity contribution in [3.8, 4) is 33.4 Å². The van der Waals surface area contributed by atoms with Gasteiger partial charge in [-0.2, -0.15) is 0 Å². The monoisotopic (exact) mass is 713 g/mol. The first-order valence-electron chi connectivity index (χ1n) is 19.6. The molecule has 0 spiro atoms. The molecule has 0 radical (unpaired) electrons. The molecular weight excluding hydrogens is 675 g/mol. The van der Waals surface area contributed by atoms with Crippen molar-refractivity contribution >= 4 is 60.2 Å². The predicted molar refractivity (Wildman–Crippen MR) is 240 cm³/mol. The zero-order valence-electron chi connectivity index (χ0n) is 31.5. The van der Waals surface area contributed by atoms with Crippen molar-refractivity contribution in [3.63, 3.8) is 0 Å². The van der Waals surface area contributed by atoms with Gasteiger partial charge in [-0.3, -0.25) is 0 Å². The Kier molecular flexibility index (Phi) is 7.28. The second-order valence-electron chi connectivity index (χ2n) is 15.7. The van der Waals surface area contributed by atoms with Crippen LogP contribution in [0, 0.1) is 0 Å². The Morgan fingerprint density at radius 3 is 1.66 bits per heavy atom. The van der Waals surface area contributed by atoms with Gasteiger partial charge in [-0.25, -0.2) is 0 Å². The summed E-state index contributed by atoms with van der Waals surface area (Å²) in [4.78, 5) is 2.51. The van der Waals surface area contributed by atoms with Gasteiger partial charge in [0.2, 0.25) is 0 Å². The molecule has 11 rings (SSSR count). The first kappa shape index (κ1) is 32.5. The number of hydrogen-bond donors (Lipinski definition) is 0. The van der Waals surface area contributed by atoms with Crippen LogP contribution in [0.2, 0.25) is 0 Å². The summed E-state index contributed by atoms with van der Waals surface area (Å²) in [7, 11) is 0. The summed E-state index contributed by atoms with van der Waals surface area (Å²) in [5.74, 6) is 0. The highest BCUT2D eigenvalue weighted by Gasteiger charge is 2.36. The second-order valence-corrected chi connectivity index (χ2v) is 15.7. The van der Waals surface area contributed by atoms with Crippen LogP contribution in [0.4, 0.5) is 17.1 Å². The molecule has 0 aromatic heterocycles. The molecule has 0 fully saturated rings. The van der Waals surface area contributed by atoms with Crippen LogP contribution in [0.3, 0.4) is 0 Å². The Balaban J connectivity index is 1.25. The summed E-state index contributed by atoms with van der Waals surface area (Å²) in [6, 6.07) is 74.1. The fourth-order valence-corrected chi connectivity index (χ4v) is 9.50. The number of fused-ring (bicyclic) bond motifs is 10. The van der Waals surface area contributed by atoms with Gasteiger partial charge in [-0.15, -0.1) is 0 Å². The third kappa shape index (κ3) is 4.94. The van der Waals surface area contributed by atoms with E-state index in [1.807, 2.05) is 0 Å². The molecule has 0 aliphatic heterocycles. The minimum atomic E-state index is -0.133. The van der Waals surface area contributed by atoms with Crippen LogP contribution in [0.25, 0.3) is 76.5 Å². The topological polar surface area (TPSA) is 3.24 Å². The van der Waals surface area contributed by atoms with Gasteiger partial charge in [0.1, 0.15) is 0 Å². The zero-order valence-corrected chi connectivity index (χ0v) is 31.5. The van der Waals surface area contributed by atoms with Crippen molar-refractivity contribution in [3.05, 3.63) is 211 Å². The van der Waals surface area contributed by atoms with E-state index in [2.05, 4.69) is 219 Å². The molecule has 264 valence electrons. The van der Waals surface area contributed by atoms with Gasteiger partial charge < -0.3 is 4.90 Å². The number of hydrogen-bond acceptors (Lipinski definition) is 1. The minimum Gasteiger partial charge on any atom is -0.310 e. The highest BCUT2D eigenvalue weighted by Crippen LogP contribution is 2.53. The molecule has 10 aromatic carbocycles. The number of anilines is 3. The summed E-state index contributed by atoms with van der Waals surface area (Å²) in [6.45, 7) is 4.74. The first-order valence-corrected chi connectivity index (χ1v) is 19.6. The third-order valence-corrected chi connectivity index (χ3v) is 12.2. The van der Waals surface area contributed by atoms with E-state index >= 15 is 0 Å². The van der Waals surface area contributed by atoms with Gasteiger partial charge in [0.15, 0.2) is 0 Å². The average molecular weight is 714 g/mol. The van der Waals surface area contributed by atoms with Crippen LogP contribution >= 0.6 is 0 Å². The molecule has 0 unspecified atom stereocenters. The molecule has 56 heavy (non-hydrogen) atoms. The highest BCUT2D eigenvalue weighted by atomic mass is 15.1. The smallest absolute Gasteiger partial charge is 0.0546 e. The van der Waals surface area contributed by atoms with E-state index in [-0.39, 0.29) is 5.41 Å².